The highest BCUT2D eigenvalue weighted by Gasteiger charge is 2.06. The van der Waals surface area contributed by atoms with E-state index in [0.29, 0.717) is 15.9 Å². The number of hydrogen-bond donors (Lipinski definition) is 2. The molecule has 3 rings (SSSR count). The summed E-state index contributed by atoms with van der Waals surface area (Å²) in [6.45, 7) is 0. The minimum atomic E-state index is -0.298. The van der Waals surface area contributed by atoms with Gasteiger partial charge >= 0.3 is 0 Å². The van der Waals surface area contributed by atoms with E-state index in [-0.39, 0.29) is 5.82 Å². The van der Waals surface area contributed by atoms with E-state index >= 15 is 0 Å². The molecule has 0 aliphatic rings. The maximum atomic E-state index is 13.0. The molecular weight excluding hydrogens is 340 g/mol. The SMILES string of the molecule is Fc1ccc(-c2[nH]ncc2/C=N/Nc2ncc(Cl)cc2Cl)cc1. The van der Waals surface area contributed by atoms with Crippen molar-refractivity contribution in [2.24, 2.45) is 5.10 Å². The Labute approximate surface area is 141 Å². The first kappa shape index (κ1) is 15.5. The number of benzene rings is 1. The third-order valence-electron chi connectivity index (χ3n) is 2.98. The Morgan fingerprint density at radius 1 is 1.17 bits per heavy atom. The van der Waals surface area contributed by atoms with Gasteiger partial charge in [0.15, 0.2) is 5.82 Å². The van der Waals surface area contributed by atoms with Crippen molar-refractivity contribution >= 4 is 35.2 Å². The summed E-state index contributed by atoms with van der Waals surface area (Å²) < 4.78 is 13.0. The van der Waals surface area contributed by atoms with E-state index in [1.165, 1.54) is 18.3 Å². The van der Waals surface area contributed by atoms with Crippen LogP contribution in [0, 0.1) is 5.82 Å². The second kappa shape index (κ2) is 6.76. The molecule has 0 atom stereocenters. The molecule has 0 aliphatic carbocycles. The highest BCUT2D eigenvalue weighted by Crippen LogP contribution is 2.23. The largest absolute Gasteiger partial charge is 0.277 e. The normalized spacial score (nSPS) is 11.1. The number of aromatic amines is 1. The summed E-state index contributed by atoms with van der Waals surface area (Å²) in [6, 6.07) is 7.64. The summed E-state index contributed by atoms with van der Waals surface area (Å²) in [7, 11) is 0. The van der Waals surface area contributed by atoms with Gasteiger partial charge in [-0.15, -0.1) is 0 Å². The van der Waals surface area contributed by atoms with Crippen LogP contribution in [0.3, 0.4) is 0 Å². The van der Waals surface area contributed by atoms with Crippen LogP contribution in [-0.2, 0) is 0 Å². The zero-order valence-electron chi connectivity index (χ0n) is 11.6. The van der Waals surface area contributed by atoms with E-state index in [1.54, 1.807) is 30.6 Å². The van der Waals surface area contributed by atoms with Gasteiger partial charge in [-0.3, -0.25) is 10.5 Å². The Kier molecular flexibility index (Phi) is 4.55. The molecule has 0 saturated carbocycles. The summed E-state index contributed by atoms with van der Waals surface area (Å²) in [5.74, 6) is 0.0905. The molecule has 8 heteroatoms. The number of halogens is 3. The number of anilines is 1. The van der Waals surface area contributed by atoms with Crippen molar-refractivity contribution in [3.63, 3.8) is 0 Å². The first-order valence-electron chi connectivity index (χ1n) is 6.53. The first-order valence-corrected chi connectivity index (χ1v) is 7.28. The molecule has 0 spiro atoms. The Morgan fingerprint density at radius 3 is 2.70 bits per heavy atom. The molecule has 0 saturated heterocycles. The van der Waals surface area contributed by atoms with Crippen molar-refractivity contribution in [2.45, 2.75) is 0 Å². The van der Waals surface area contributed by atoms with E-state index in [2.05, 4.69) is 25.7 Å². The van der Waals surface area contributed by atoms with Crippen molar-refractivity contribution < 1.29 is 4.39 Å². The van der Waals surface area contributed by atoms with Crippen molar-refractivity contribution in [2.75, 3.05) is 5.43 Å². The molecule has 0 amide bonds. The fourth-order valence-electron chi connectivity index (χ4n) is 1.90. The lowest BCUT2D eigenvalue weighted by atomic mass is 10.1. The van der Waals surface area contributed by atoms with Crippen LogP contribution in [-0.4, -0.2) is 21.4 Å². The van der Waals surface area contributed by atoms with Crippen LogP contribution in [0.1, 0.15) is 5.56 Å². The van der Waals surface area contributed by atoms with Gasteiger partial charge in [-0.1, -0.05) is 23.2 Å². The predicted molar refractivity (Wildman–Crippen MR) is 89.5 cm³/mol. The number of hydrogen-bond acceptors (Lipinski definition) is 4. The minimum Gasteiger partial charge on any atom is -0.277 e. The molecule has 0 aliphatic heterocycles. The third-order valence-corrected chi connectivity index (χ3v) is 3.48. The number of H-pyrrole nitrogens is 1. The van der Waals surface area contributed by atoms with Crippen LogP contribution >= 0.6 is 23.2 Å². The maximum absolute atomic E-state index is 13.0. The lowest BCUT2D eigenvalue weighted by molar-refractivity contribution is 0.628. The fourth-order valence-corrected chi connectivity index (χ4v) is 2.32. The van der Waals surface area contributed by atoms with Crippen molar-refractivity contribution in [1.82, 2.24) is 15.2 Å². The molecule has 0 bridgehead atoms. The topological polar surface area (TPSA) is 66.0 Å². The summed E-state index contributed by atoms with van der Waals surface area (Å²) in [5.41, 5.74) is 4.99. The number of pyridine rings is 1. The molecule has 3 aromatic rings. The molecular formula is C15H10Cl2FN5. The lowest BCUT2D eigenvalue weighted by Gasteiger charge is -2.02. The van der Waals surface area contributed by atoms with Crippen LogP contribution in [0.25, 0.3) is 11.3 Å². The number of rotatable bonds is 4. The maximum Gasteiger partial charge on any atom is 0.165 e. The van der Waals surface area contributed by atoms with E-state index < -0.39 is 0 Å². The number of hydrazone groups is 1. The number of nitrogens with zero attached hydrogens (tertiary/aromatic N) is 3. The van der Waals surface area contributed by atoms with Gasteiger partial charge in [-0.25, -0.2) is 9.37 Å². The average molecular weight is 350 g/mol. The highest BCUT2D eigenvalue weighted by molar-refractivity contribution is 6.35. The third kappa shape index (κ3) is 3.67. The van der Waals surface area contributed by atoms with Crippen molar-refractivity contribution in [1.29, 1.82) is 0 Å². The molecule has 2 heterocycles. The van der Waals surface area contributed by atoms with Crippen LogP contribution in [0.5, 0.6) is 0 Å². The molecule has 116 valence electrons. The predicted octanol–water partition coefficient (Wildman–Crippen LogP) is 4.36. The van der Waals surface area contributed by atoms with Gasteiger partial charge in [0.05, 0.1) is 28.2 Å². The Bertz CT molecular complexity index is 845. The average Bonchev–Trinajstić information content (AvgIpc) is 2.99. The Balaban J connectivity index is 1.78. The Morgan fingerprint density at radius 2 is 1.96 bits per heavy atom. The standard InChI is InChI=1S/C15H10Cl2FN5/c16-11-5-13(17)15(19-8-11)23-21-7-10-6-20-22-14(10)9-1-3-12(18)4-2-9/h1-8H,(H,19,23)(H,20,22)/b21-7+. The van der Waals surface area contributed by atoms with E-state index in [4.69, 9.17) is 23.2 Å². The van der Waals surface area contributed by atoms with Gasteiger partial charge in [0.25, 0.3) is 0 Å². The van der Waals surface area contributed by atoms with E-state index in [1.807, 2.05) is 0 Å². The van der Waals surface area contributed by atoms with Crippen molar-refractivity contribution in [3.05, 3.63) is 64.2 Å². The molecule has 23 heavy (non-hydrogen) atoms. The zero-order chi connectivity index (χ0) is 16.2. The summed E-state index contributed by atoms with van der Waals surface area (Å²) in [5, 5.41) is 11.7. The van der Waals surface area contributed by atoms with Crippen LogP contribution in [0.4, 0.5) is 10.2 Å². The Hall–Kier alpha value is -2.44. The van der Waals surface area contributed by atoms with Gasteiger partial charge in [0.2, 0.25) is 0 Å². The van der Waals surface area contributed by atoms with Gasteiger partial charge in [-0.05, 0) is 30.3 Å². The lowest BCUT2D eigenvalue weighted by Crippen LogP contribution is -1.94. The molecule has 2 N–H and O–H groups in total. The number of aromatic nitrogens is 3. The molecule has 0 unspecified atom stereocenters. The quantitative estimate of drug-likeness (QED) is 0.543. The fraction of sp³-hybridized carbons (Fsp3) is 0. The minimum absolute atomic E-state index is 0.298. The smallest absolute Gasteiger partial charge is 0.165 e. The van der Waals surface area contributed by atoms with Gasteiger partial charge < -0.3 is 0 Å². The monoisotopic (exact) mass is 349 g/mol. The molecule has 0 radical (unpaired) electrons. The summed E-state index contributed by atoms with van der Waals surface area (Å²) in [4.78, 5) is 4.03. The van der Waals surface area contributed by atoms with Crippen LogP contribution in [0.2, 0.25) is 10.0 Å². The molecule has 1 aromatic carbocycles. The molecule has 5 nitrogen and oxygen atoms in total. The second-order valence-electron chi connectivity index (χ2n) is 4.56. The molecule has 0 fully saturated rings. The van der Waals surface area contributed by atoms with Crippen LogP contribution < -0.4 is 5.43 Å². The van der Waals surface area contributed by atoms with Gasteiger partial charge in [-0.2, -0.15) is 10.2 Å². The first-order chi connectivity index (χ1) is 11.1. The molecule has 2 aromatic heterocycles. The van der Waals surface area contributed by atoms with Gasteiger partial charge in [0, 0.05) is 17.3 Å². The van der Waals surface area contributed by atoms with E-state index in [0.717, 1.165) is 16.8 Å². The van der Waals surface area contributed by atoms with Crippen LogP contribution in [0.15, 0.2) is 47.8 Å². The van der Waals surface area contributed by atoms with Gasteiger partial charge in [0.1, 0.15) is 5.82 Å². The highest BCUT2D eigenvalue weighted by atomic mass is 35.5. The zero-order valence-corrected chi connectivity index (χ0v) is 13.1. The summed E-state index contributed by atoms with van der Waals surface area (Å²) in [6.07, 6.45) is 4.64. The van der Waals surface area contributed by atoms with E-state index in [9.17, 15) is 4.39 Å². The number of nitrogens with one attached hydrogen (secondary N) is 2. The van der Waals surface area contributed by atoms with Crippen molar-refractivity contribution in [3.8, 4) is 11.3 Å². The second-order valence-corrected chi connectivity index (χ2v) is 5.40. The summed E-state index contributed by atoms with van der Waals surface area (Å²) >= 11 is 11.8.